The van der Waals surface area contributed by atoms with Gasteiger partial charge in [0.1, 0.15) is 5.75 Å². The van der Waals surface area contributed by atoms with E-state index >= 15 is 0 Å². The van der Waals surface area contributed by atoms with Crippen LogP contribution in [0.3, 0.4) is 0 Å². The molecule has 0 bridgehead atoms. The number of halogens is 2. The van der Waals surface area contributed by atoms with Gasteiger partial charge < -0.3 is 9.47 Å². The van der Waals surface area contributed by atoms with Crippen LogP contribution in [0.2, 0.25) is 10.0 Å². The second-order valence-electron chi connectivity index (χ2n) is 6.39. The normalized spacial score (nSPS) is 10.6. The quantitative estimate of drug-likeness (QED) is 0.162. The molecule has 0 atom stereocenters. The molecule has 9 nitrogen and oxygen atoms in total. The lowest BCUT2D eigenvalue weighted by molar-refractivity contribution is -0.385. The van der Waals surface area contributed by atoms with Crippen LogP contribution in [0.1, 0.15) is 15.9 Å². The molecule has 0 saturated heterocycles. The second-order valence-corrected chi connectivity index (χ2v) is 7.23. The van der Waals surface area contributed by atoms with Gasteiger partial charge in [-0.05, 0) is 54.1 Å². The van der Waals surface area contributed by atoms with Crippen LogP contribution >= 0.6 is 23.2 Å². The molecule has 0 aliphatic heterocycles. The van der Waals surface area contributed by atoms with Crippen LogP contribution in [0.5, 0.6) is 11.5 Å². The number of nitro groups is 1. The Labute approximate surface area is 197 Å². The summed E-state index contributed by atoms with van der Waals surface area (Å²) in [5.74, 6) is -0.976. The van der Waals surface area contributed by atoms with Crippen LogP contribution in [-0.4, -0.2) is 29.6 Å². The lowest BCUT2D eigenvalue weighted by Crippen LogP contribution is -2.24. The van der Waals surface area contributed by atoms with Crippen molar-refractivity contribution in [3.8, 4) is 11.5 Å². The molecule has 3 aromatic rings. The van der Waals surface area contributed by atoms with E-state index in [0.717, 1.165) is 0 Å². The zero-order valence-electron chi connectivity index (χ0n) is 16.7. The molecule has 1 amide bonds. The molecule has 0 aromatic heterocycles. The second kappa shape index (κ2) is 11.1. The number of para-hydroxylation sites is 2. The summed E-state index contributed by atoms with van der Waals surface area (Å²) in [5.41, 5.74) is 2.80. The summed E-state index contributed by atoms with van der Waals surface area (Å²) in [6, 6.07) is 16.5. The lowest BCUT2D eigenvalue weighted by atomic mass is 10.2. The molecule has 0 aliphatic rings. The summed E-state index contributed by atoms with van der Waals surface area (Å²) in [7, 11) is 0. The van der Waals surface area contributed by atoms with Crippen LogP contribution in [0.15, 0.2) is 71.8 Å². The number of carbonyl (C=O) groups is 2. The number of nitro benzene ring substituents is 1. The van der Waals surface area contributed by atoms with E-state index in [4.69, 9.17) is 32.7 Å². The van der Waals surface area contributed by atoms with Gasteiger partial charge >= 0.3 is 11.7 Å². The van der Waals surface area contributed by atoms with E-state index in [1.807, 2.05) is 0 Å². The van der Waals surface area contributed by atoms with Crippen molar-refractivity contribution in [3.05, 3.63) is 98.0 Å². The van der Waals surface area contributed by atoms with Crippen molar-refractivity contribution in [2.24, 2.45) is 5.10 Å². The molecule has 0 unspecified atom stereocenters. The fourth-order valence-electron chi connectivity index (χ4n) is 2.52. The molecule has 33 heavy (non-hydrogen) atoms. The fraction of sp³-hybridized carbons (Fsp3) is 0.0455. The largest absolute Gasteiger partial charge is 0.477 e. The van der Waals surface area contributed by atoms with Crippen molar-refractivity contribution in [3.63, 3.8) is 0 Å². The maximum Gasteiger partial charge on any atom is 0.345 e. The van der Waals surface area contributed by atoms with Crippen LogP contribution in [0.25, 0.3) is 0 Å². The van der Waals surface area contributed by atoms with Crippen LogP contribution in [0, 0.1) is 10.1 Å². The Morgan fingerprint density at radius 1 is 1.06 bits per heavy atom. The number of carbonyl (C=O) groups excluding carboxylic acids is 2. The standard InChI is InChI=1S/C22H15Cl2N3O6/c23-15-7-10-17(18(24)11-15)22(29)33-16-8-5-14(6-9-16)12-25-26-21(28)13-32-20-4-2-1-3-19(20)27(30)31/h1-12H,13H2,(H,26,28)/b25-12+. The third-order valence-electron chi connectivity index (χ3n) is 4.07. The molecular formula is C22H15Cl2N3O6. The zero-order valence-corrected chi connectivity index (χ0v) is 18.2. The number of benzene rings is 3. The van der Waals surface area contributed by atoms with Crippen molar-refractivity contribution >= 4 is 47.0 Å². The van der Waals surface area contributed by atoms with Gasteiger partial charge in [-0.25, -0.2) is 10.2 Å². The molecule has 11 heteroatoms. The maximum atomic E-state index is 12.2. The highest BCUT2D eigenvalue weighted by atomic mass is 35.5. The number of nitrogens with one attached hydrogen (secondary N) is 1. The highest BCUT2D eigenvalue weighted by Gasteiger charge is 2.15. The third-order valence-corrected chi connectivity index (χ3v) is 4.61. The first kappa shape index (κ1) is 23.7. The molecule has 0 spiro atoms. The summed E-state index contributed by atoms with van der Waals surface area (Å²) in [6.07, 6.45) is 1.37. The maximum absolute atomic E-state index is 12.2. The Bertz CT molecular complexity index is 1220. The van der Waals surface area contributed by atoms with Gasteiger partial charge in [-0.3, -0.25) is 14.9 Å². The van der Waals surface area contributed by atoms with E-state index in [2.05, 4.69) is 10.5 Å². The summed E-state index contributed by atoms with van der Waals surface area (Å²) >= 11 is 11.8. The van der Waals surface area contributed by atoms with Crippen molar-refractivity contribution in [1.29, 1.82) is 0 Å². The lowest BCUT2D eigenvalue weighted by Gasteiger charge is -2.06. The highest BCUT2D eigenvalue weighted by molar-refractivity contribution is 6.36. The van der Waals surface area contributed by atoms with Gasteiger partial charge in [-0.2, -0.15) is 5.10 Å². The van der Waals surface area contributed by atoms with E-state index < -0.39 is 23.4 Å². The van der Waals surface area contributed by atoms with Gasteiger partial charge in [-0.15, -0.1) is 0 Å². The number of hydrazone groups is 1. The third kappa shape index (κ3) is 6.76. The van der Waals surface area contributed by atoms with Gasteiger partial charge in [0.15, 0.2) is 12.4 Å². The summed E-state index contributed by atoms with van der Waals surface area (Å²) in [6.45, 7) is -0.454. The van der Waals surface area contributed by atoms with Crippen LogP contribution < -0.4 is 14.9 Å². The first-order chi connectivity index (χ1) is 15.8. The molecule has 168 valence electrons. The Morgan fingerprint density at radius 3 is 2.48 bits per heavy atom. The van der Waals surface area contributed by atoms with E-state index in [9.17, 15) is 19.7 Å². The summed E-state index contributed by atoms with van der Waals surface area (Å²) < 4.78 is 10.4. The Kier molecular flexibility index (Phi) is 7.96. The Hall–Kier alpha value is -3.95. The molecular weight excluding hydrogens is 473 g/mol. The number of rotatable bonds is 8. The molecule has 0 aliphatic carbocycles. The highest BCUT2D eigenvalue weighted by Crippen LogP contribution is 2.25. The Morgan fingerprint density at radius 2 is 1.79 bits per heavy atom. The van der Waals surface area contributed by atoms with Crippen molar-refractivity contribution in [1.82, 2.24) is 5.43 Å². The van der Waals surface area contributed by atoms with Crippen LogP contribution in [0.4, 0.5) is 5.69 Å². The van der Waals surface area contributed by atoms with Gasteiger partial charge in [0.2, 0.25) is 0 Å². The smallest absolute Gasteiger partial charge is 0.345 e. The minimum absolute atomic E-state index is 0.0216. The van der Waals surface area contributed by atoms with Crippen molar-refractivity contribution in [2.75, 3.05) is 6.61 Å². The molecule has 3 rings (SSSR count). The monoisotopic (exact) mass is 487 g/mol. The van der Waals surface area contributed by atoms with E-state index in [-0.39, 0.29) is 27.8 Å². The molecule has 0 heterocycles. The molecule has 3 aromatic carbocycles. The van der Waals surface area contributed by atoms with Gasteiger partial charge in [-0.1, -0.05) is 35.3 Å². The zero-order chi connectivity index (χ0) is 23.8. The number of amides is 1. The summed E-state index contributed by atoms with van der Waals surface area (Å²) in [5, 5.41) is 15.3. The number of hydrogen-bond donors (Lipinski definition) is 1. The van der Waals surface area contributed by atoms with E-state index in [0.29, 0.717) is 10.6 Å². The SMILES string of the molecule is O=C(COc1ccccc1[N+](=O)[O-])N/N=C/c1ccc(OC(=O)c2ccc(Cl)cc2Cl)cc1. The molecule has 0 radical (unpaired) electrons. The van der Waals surface area contributed by atoms with Crippen LogP contribution in [-0.2, 0) is 4.79 Å². The molecule has 1 N–H and O–H groups in total. The number of ether oxygens (including phenoxy) is 2. The average Bonchev–Trinajstić information content (AvgIpc) is 2.79. The van der Waals surface area contributed by atoms with Gasteiger partial charge in [0.25, 0.3) is 5.91 Å². The summed E-state index contributed by atoms with van der Waals surface area (Å²) in [4.78, 5) is 34.4. The predicted molar refractivity (Wildman–Crippen MR) is 122 cm³/mol. The first-order valence-electron chi connectivity index (χ1n) is 9.29. The van der Waals surface area contributed by atoms with Gasteiger partial charge in [0, 0.05) is 11.1 Å². The van der Waals surface area contributed by atoms with E-state index in [1.54, 1.807) is 30.3 Å². The number of nitrogens with zero attached hydrogens (tertiary/aromatic N) is 2. The topological polar surface area (TPSA) is 120 Å². The Balaban J connectivity index is 1.50. The predicted octanol–water partition coefficient (Wildman–Crippen LogP) is 4.65. The number of hydrogen-bond acceptors (Lipinski definition) is 7. The fourth-order valence-corrected chi connectivity index (χ4v) is 3.01. The molecule has 0 fully saturated rings. The van der Waals surface area contributed by atoms with Gasteiger partial charge in [0.05, 0.1) is 21.7 Å². The van der Waals surface area contributed by atoms with Crippen molar-refractivity contribution in [2.45, 2.75) is 0 Å². The van der Waals surface area contributed by atoms with Crippen molar-refractivity contribution < 1.29 is 24.0 Å². The average molecular weight is 488 g/mol. The first-order valence-corrected chi connectivity index (χ1v) is 10.0. The number of esters is 1. The van der Waals surface area contributed by atoms with E-state index in [1.165, 1.54) is 42.6 Å². The minimum Gasteiger partial charge on any atom is -0.477 e. The minimum atomic E-state index is -0.635. The molecule has 0 saturated carbocycles.